The Balaban J connectivity index is 1.95. The standard InChI is InChI=1S/C15H13BrN4O/c1-8-12(4-5-14(16)19-8)20-15(21)11-7-18-13-3-2-9(17)6-10(11)13/h2-7,18H,17H2,1H3,(H,20,21). The topological polar surface area (TPSA) is 83.8 Å². The third-order valence-corrected chi connectivity index (χ3v) is 3.69. The Morgan fingerprint density at radius 1 is 1.33 bits per heavy atom. The zero-order chi connectivity index (χ0) is 15.0. The number of carbonyl (C=O) groups excluding carboxylic acids is 1. The SMILES string of the molecule is Cc1nc(Br)ccc1NC(=O)c1c[nH]c2ccc(N)cc12. The Bertz CT molecular complexity index is 841. The quantitative estimate of drug-likeness (QED) is 0.491. The molecule has 0 aliphatic carbocycles. The summed E-state index contributed by atoms with van der Waals surface area (Å²) >= 11 is 3.30. The predicted molar refractivity (Wildman–Crippen MR) is 87.3 cm³/mol. The fourth-order valence-electron chi connectivity index (χ4n) is 2.18. The van der Waals surface area contributed by atoms with Crippen LogP contribution in [0, 0.1) is 6.92 Å². The van der Waals surface area contributed by atoms with Crippen molar-refractivity contribution in [2.45, 2.75) is 6.92 Å². The summed E-state index contributed by atoms with van der Waals surface area (Å²) in [6.45, 7) is 1.84. The van der Waals surface area contributed by atoms with Crippen molar-refractivity contribution in [2.75, 3.05) is 11.1 Å². The van der Waals surface area contributed by atoms with E-state index in [4.69, 9.17) is 5.73 Å². The Morgan fingerprint density at radius 3 is 2.90 bits per heavy atom. The number of aromatic amines is 1. The average Bonchev–Trinajstić information content (AvgIpc) is 2.85. The van der Waals surface area contributed by atoms with Crippen molar-refractivity contribution in [3.63, 3.8) is 0 Å². The van der Waals surface area contributed by atoms with Gasteiger partial charge in [0.2, 0.25) is 0 Å². The molecule has 5 nitrogen and oxygen atoms in total. The van der Waals surface area contributed by atoms with Gasteiger partial charge in [-0.1, -0.05) is 0 Å². The molecule has 0 radical (unpaired) electrons. The summed E-state index contributed by atoms with van der Waals surface area (Å²) in [5, 5.41) is 3.67. The maximum absolute atomic E-state index is 12.4. The molecule has 0 unspecified atom stereocenters. The number of nitrogens with two attached hydrogens (primary N) is 1. The molecule has 0 aliphatic rings. The first-order valence-corrected chi connectivity index (χ1v) is 7.15. The van der Waals surface area contributed by atoms with Gasteiger partial charge in [0.15, 0.2) is 0 Å². The molecule has 106 valence electrons. The second kappa shape index (κ2) is 5.21. The number of rotatable bonds is 2. The van der Waals surface area contributed by atoms with Crippen molar-refractivity contribution in [3.05, 3.63) is 52.4 Å². The van der Waals surface area contributed by atoms with Crippen LogP contribution in [0.1, 0.15) is 16.1 Å². The summed E-state index contributed by atoms with van der Waals surface area (Å²) in [4.78, 5) is 19.8. The van der Waals surface area contributed by atoms with E-state index >= 15 is 0 Å². The number of benzene rings is 1. The van der Waals surface area contributed by atoms with Gasteiger partial charge in [-0.2, -0.15) is 0 Å². The molecule has 0 saturated heterocycles. The van der Waals surface area contributed by atoms with E-state index in [0.717, 1.165) is 21.2 Å². The first-order valence-electron chi connectivity index (χ1n) is 6.36. The second-order valence-corrected chi connectivity index (χ2v) is 5.54. The van der Waals surface area contributed by atoms with Gasteiger partial charge in [0, 0.05) is 22.8 Å². The number of carbonyl (C=O) groups is 1. The normalized spacial score (nSPS) is 10.8. The molecule has 1 aromatic carbocycles. The number of nitrogen functional groups attached to an aromatic ring is 1. The van der Waals surface area contributed by atoms with Crippen molar-refractivity contribution in [2.24, 2.45) is 0 Å². The summed E-state index contributed by atoms with van der Waals surface area (Å²) in [5.41, 5.74) is 9.27. The summed E-state index contributed by atoms with van der Waals surface area (Å²) in [6.07, 6.45) is 1.68. The highest BCUT2D eigenvalue weighted by Gasteiger charge is 2.13. The predicted octanol–water partition coefficient (Wildman–Crippen LogP) is 3.47. The summed E-state index contributed by atoms with van der Waals surface area (Å²) in [5.74, 6) is -0.195. The molecule has 1 amide bonds. The molecule has 2 aromatic heterocycles. The second-order valence-electron chi connectivity index (χ2n) is 4.73. The van der Waals surface area contributed by atoms with Crippen molar-refractivity contribution >= 4 is 44.1 Å². The molecule has 3 rings (SSSR count). The number of nitrogens with zero attached hydrogens (tertiary/aromatic N) is 1. The number of pyridine rings is 1. The highest BCUT2D eigenvalue weighted by atomic mass is 79.9. The molecule has 4 N–H and O–H groups in total. The molecular weight excluding hydrogens is 332 g/mol. The van der Waals surface area contributed by atoms with Crippen LogP contribution in [0.25, 0.3) is 10.9 Å². The lowest BCUT2D eigenvalue weighted by atomic mass is 10.1. The molecule has 0 atom stereocenters. The van der Waals surface area contributed by atoms with E-state index in [9.17, 15) is 4.79 Å². The van der Waals surface area contributed by atoms with Crippen molar-refractivity contribution in [1.82, 2.24) is 9.97 Å². The fourth-order valence-corrected chi connectivity index (χ4v) is 2.58. The van der Waals surface area contributed by atoms with E-state index in [0.29, 0.717) is 16.9 Å². The molecule has 0 spiro atoms. The van der Waals surface area contributed by atoms with Crippen LogP contribution in [0.5, 0.6) is 0 Å². The fraction of sp³-hybridized carbons (Fsp3) is 0.0667. The van der Waals surface area contributed by atoms with Crippen LogP contribution in [0.15, 0.2) is 41.1 Å². The highest BCUT2D eigenvalue weighted by molar-refractivity contribution is 9.10. The first kappa shape index (κ1) is 13.6. The zero-order valence-corrected chi connectivity index (χ0v) is 12.9. The molecular formula is C15H13BrN4O. The van der Waals surface area contributed by atoms with Crippen molar-refractivity contribution in [1.29, 1.82) is 0 Å². The van der Waals surface area contributed by atoms with Crippen LogP contribution in [0.2, 0.25) is 0 Å². The van der Waals surface area contributed by atoms with Gasteiger partial charge in [0.05, 0.1) is 16.9 Å². The van der Waals surface area contributed by atoms with Crippen LogP contribution in [-0.4, -0.2) is 15.9 Å². The summed E-state index contributed by atoms with van der Waals surface area (Å²) in [6, 6.07) is 9.04. The first-order chi connectivity index (χ1) is 10.0. The van der Waals surface area contributed by atoms with Crippen molar-refractivity contribution < 1.29 is 4.79 Å². The van der Waals surface area contributed by atoms with Crippen LogP contribution in [0.4, 0.5) is 11.4 Å². The summed E-state index contributed by atoms with van der Waals surface area (Å²) < 4.78 is 0.734. The van der Waals surface area contributed by atoms with Gasteiger partial charge in [-0.15, -0.1) is 0 Å². The number of hydrogen-bond donors (Lipinski definition) is 3. The van der Waals surface area contributed by atoms with E-state index in [-0.39, 0.29) is 5.91 Å². The molecule has 0 aliphatic heterocycles. The third kappa shape index (κ3) is 2.62. The van der Waals surface area contributed by atoms with Gasteiger partial charge in [0.25, 0.3) is 5.91 Å². The number of aryl methyl sites for hydroxylation is 1. The molecule has 6 heteroatoms. The number of aromatic nitrogens is 2. The van der Waals surface area contributed by atoms with E-state index in [1.165, 1.54) is 0 Å². The van der Waals surface area contributed by atoms with Gasteiger partial charge >= 0.3 is 0 Å². The minimum atomic E-state index is -0.195. The smallest absolute Gasteiger partial charge is 0.257 e. The van der Waals surface area contributed by atoms with E-state index in [2.05, 4.69) is 31.2 Å². The number of amides is 1. The molecule has 2 heterocycles. The van der Waals surface area contributed by atoms with E-state index < -0.39 is 0 Å². The Labute approximate surface area is 129 Å². The number of halogens is 1. The van der Waals surface area contributed by atoms with Gasteiger partial charge in [0.1, 0.15) is 4.60 Å². The number of H-pyrrole nitrogens is 1. The van der Waals surface area contributed by atoms with Crippen molar-refractivity contribution in [3.8, 4) is 0 Å². The Morgan fingerprint density at radius 2 is 2.14 bits per heavy atom. The maximum Gasteiger partial charge on any atom is 0.257 e. The van der Waals surface area contributed by atoms with Crippen LogP contribution in [0.3, 0.4) is 0 Å². The minimum absolute atomic E-state index is 0.195. The molecule has 21 heavy (non-hydrogen) atoms. The van der Waals surface area contributed by atoms with Crippen LogP contribution < -0.4 is 11.1 Å². The van der Waals surface area contributed by atoms with Gasteiger partial charge in [-0.25, -0.2) is 4.98 Å². The molecule has 0 fully saturated rings. The minimum Gasteiger partial charge on any atom is -0.399 e. The maximum atomic E-state index is 12.4. The summed E-state index contributed by atoms with van der Waals surface area (Å²) in [7, 11) is 0. The molecule has 0 bridgehead atoms. The largest absolute Gasteiger partial charge is 0.399 e. The number of fused-ring (bicyclic) bond motifs is 1. The number of nitrogens with one attached hydrogen (secondary N) is 2. The average molecular weight is 345 g/mol. The Hall–Kier alpha value is -2.34. The van der Waals surface area contributed by atoms with E-state index in [1.807, 2.05) is 19.1 Å². The third-order valence-electron chi connectivity index (χ3n) is 3.25. The lowest BCUT2D eigenvalue weighted by molar-refractivity contribution is 0.102. The number of hydrogen-bond acceptors (Lipinski definition) is 3. The zero-order valence-electron chi connectivity index (χ0n) is 11.3. The van der Waals surface area contributed by atoms with Crippen LogP contribution in [-0.2, 0) is 0 Å². The molecule has 3 aromatic rings. The number of anilines is 2. The Kier molecular flexibility index (Phi) is 3.39. The highest BCUT2D eigenvalue weighted by Crippen LogP contribution is 2.23. The van der Waals surface area contributed by atoms with Gasteiger partial charge < -0.3 is 16.0 Å². The van der Waals surface area contributed by atoms with E-state index in [1.54, 1.807) is 24.4 Å². The molecule has 0 saturated carbocycles. The van der Waals surface area contributed by atoms with Gasteiger partial charge in [-0.05, 0) is 53.2 Å². The van der Waals surface area contributed by atoms with Gasteiger partial charge in [-0.3, -0.25) is 4.79 Å². The van der Waals surface area contributed by atoms with Crippen LogP contribution >= 0.6 is 15.9 Å². The lowest BCUT2D eigenvalue weighted by Gasteiger charge is -2.07. The lowest BCUT2D eigenvalue weighted by Crippen LogP contribution is -2.12. The monoisotopic (exact) mass is 344 g/mol.